The first kappa shape index (κ1) is 36.4. The summed E-state index contributed by atoms with van der Waals surface area (Å²) in [6.07, 6.45) is 0.985. The van der Waals surface area contributed by atoms with Crippen LogP contribution in [-0.2, 0) is 18.3 Å². The van der Waals surface area contributed by atoms with Gasteiger partial charge in [0.05, 0.1) is 23.8 Å². The Hall–Kier alpha value is -3.86. The second-order valence-corrected chi connectivity index (χ2v) is 19.7. The molecule has 1 aromatic heterocycles. The smallest absolute Gasteiger partial charge is 0.305 e. The largest absolute Gasteiger partial charge is 0.481 e. The van der Waals surface area contributed by atoms with Crippen molar-refractivity contribution in [1.82, 2.24) is 4.98 Å². The topological polar surface area (TPSA) is 85.7 Å². The quantitative estimate of drug-likeness (QED) is 0.0863. The van der Waals surface area contributed by atoms with Crippen LogP contribution < -0.4 is 10.4 Å². The summed E-state index contributed by atoms with van der Waals surface area (Å²) in [6.45, 7) is 10.4. The van der Waals surface area contributed by atoms with Crippen LogP contribution in [0.25, 0.3) is 11.1 Å². The molecule has 256 valence electrons. The van der Waals surface area contributed by atoms with Gasteiger partial charge in [-0.2, -0.15) is 0 Å². The van der Waals surface area contributed by atoms with Gasteiger partial charge < -0.3 is 14.1 Å². The SMILES string of the molecule is CC(C)c1nc(C2CC2)cc(-c2ccc(F)cc2)c1C#CCO[PH](=O)C[C@H](CC(=O)O)O[Si](c1ccccc1)(c1ccccc1)C(C)(C)C. The molecule has 49 heavy (non-hydrogen) atoms. The van der Waals surface area contributed by atoms with E-state index in [0.717, 1.165) is 51.3 Å². The van der Waals surface area contributed by atoms with Gasteiger partial charge in [-0.15, -0.1) is 0 Å². The molecule has 1 heterocycles. The monoisotopic (exact) mass is 697 g/mol. The Morgan fingerprint density at radius 3 is 2.10 bits per heavy atom. The molecule has 0 saturated heterocycles. The Bertz CT molecular complexity index is 1790. The van der Waals surface area contributed by atoms with E-state index in [9.17, 15) is 18.9 Å². The van der Waals surface area contributed by atoms with Crippen LogP contribution in [0.2, 0.25) is 5.04 Å². The highest BCUT2D eigenvalue weighted by Gasteiger charge is 2.51. The molecule has 0 radical (unpaired) electrons. The van der Waals surface area contributed by atoms with Crippen LogP contribution in [0.1, 0.15) is 82.7 Å². The molecular formula is C40H45FNO5PSi. The maximum absolute atomic E-state index is 13.8. The normalized spacial score (nSPS) is 14.6. The van der Waals surface area contributed by atoms with E-state index in [1.165, 1.54) is 12.1 Å². The maximum Gasteiger partial charge on any atom is 0.305 e. The number of nitrogens with zero attached hydrogens (tertiary/aromatic N) is 1. The number of halogens is 1. The van der Waals surface area contributed by atoms with E-state index in [4.69, 9.17) is 13.9 Å². The molecule has 0 amide bonds. The molecule has 4 aromatic rings. The third-order valence-electron chi connectivity index (χ3n) is 8.84. The number of carboxylic acids is 1. The predicted octanol–water partition coefficient (Wildman–Crippen LogP) is 8.15. The molecule has 0 aliphatic heterocycles. The molecule has 5 rings (SSSR count). The molecule has 1 fully saturated rings. The fraction of sp³-hybridized carbons (Fsp3) is 0.350. The number of rotatable bonds is 13. The summed E-state index contributed by atoms with van der Waals surface area (Å²) in [7, 11) is -5.84. The highest BCUT2D eigenvalue weighted by Crippen LogP contribution is 2.42. The van der Waals surface area contributed by atoms with E-state index >= 15 is 0 Å². The number of benzene rings is 3. The zero-order valence-electron chi connectivity index (χ0n) is 28.8. The number of hydrogen-bond acceptors (Lipinski definition) is 5. The zero-order valence-corrected chi connectivity index (χ0v) is 30.8. The van der Waals surface area contributed by atoms with Gasteiger partial charge in [0.2, 0.25) is 0 Å². The fourth-order valence-corrected chi connectivity index (χ4v) is 12.2. The molecule has 6 nitrogen and oxygen atoms in total. The molecule has 1 aliphatic carbocycles. The average molecular weight is 698 g/mol. The Morgan fingerprint density at radius 2 is 1.59 bits per heavy atom. The van der Waals surface area contributed by atoms with Crippen LogP contribution >= 0.6 is 8.03 Å². The Balaban J connectivity index is 1.40. The van der Waals surface area contributed by atoms with Gasteiger partial charge in [-0.05, 0) is 57.9 Å². The van der Waals surface area contributed by atoms with Crippen LogP contribution in [0.4, 0.5) is 4.39 Å². The molecule has 1 saturated carbocycles. The van der Waals surface area contributed by atoms with Crippen molar-refractivity contribution >= 4 is 32.7 Å². The van der Waals surface area contributed by atoms with Crippen molar-refractivity contribution in [1.29, 1.82) is 0 Å². The lowest BCUT2D eigenvalue weighted by molar-refractivity contribution is -0.138. The molecule has 0 spiro atoms. The third-order valence-corrected chi connectivity index (χ3v) is 15.2. The minimum atomic E-state index is -3.10. The molecule has 2 atom stereocenters. The van der Waals surface area contributed by atoms with E-state index in [1.807, 2.05) is 60.7 Å². The van der Waals surface area contributed by atoms with Crippen molar-refractivity contribution in [2.45, 2.75) is 76.9 Å². The fourth-order valence-electron chi connectivity index (χ4n) is 6.36. The van der Waals surface area contributed by atoms with Gasteiger partial charge >= 0.3 is 5.97 Å². The van der Waals surface area contributed by atoms with Crippen molar-refractivity contribution in [2.75, 3.05) is 12.8 Å². The standard InChI is InChI=1S/C40H45FNO5PSi/c1-28(2)39-35(36(26-37(42-39)30-18-19-30)29-20-22-31(41)23-21-29)17-12-24-46-48(45)27-32(25-38(43)44)47-49(40(3,4)5,33-13-8-6-9-14-33)34-15-10-7-11-16-34/h6-11,13-16,20-23,26,28,30,32,48H,18-19,24-25,27H2,1-5H3,(H,43,44)/t32-/m0/s1. The van der Waals surface area contributed by atoms with Crippen LogP contribution in [0, 0.1) is 17.7 Å². The lowest BCUT2D eigenvalue weighted by Crippen LogP contribution is -2.68. The minimum absolute atomic E-state index is 0.0567. The highest BCUT2D eigenvalue weighted by atomic mass is 31.1. The summed E-state index contributed by atoms with van der Waals surface area (Å²) < 4.78 is 40.1. The molecule has 9 heteroatoms. The van der Waals surface area contributed by atoms with Gasteiger partial charge in [-0.3, -0.25) is 14.3 Å². The van der Waals surface area contributed by atoms with E-state index < -0.39 is 28.4 Å². The number of hydrogen-bond donors (Lipinski definition) is 1. The summed E-state index contributed by atoms with van der Waals surface area (Å²) in [5, 5.41) is 11.5. The lowest BCUT2D eigenvalue weighted by atomic mass is 9.93. The summed E-state index contributed by atoms with van der Waals surface area (Å²) in [5.41, 5.74) is 4.38. The summed E-state index contributed by atoms with van der Waals surface area (Å²) in [6, 6.07) is 28.3. The van der Waals surface area contributed by atoms with Crippen LogP contribution in [0.15, 0.2) is 91.0 Å². The summed E-state index contributed by atoms with van der Waals surface area (Å²) in [5.74, 6) is 5.46. The number of aromatic nitrogens is 1. The molecule has 0 bridgehead atoms. The first-order chi connectivity index (χ1) is 23.4. The van der Waals surface area contributed by atoms with Crippen LogP contribution in [0.3, 0.4) is 0 Å². The van der Waals surface area contributed by atoms with Gasteiger partial charge in [0.15, 0.2) is 8.03 Å². The molecular weight excluding hydrogens is 652 g/mol. The predicted molar refractivity (Wildman–Crippen MR) is 197 cm³/mol. The van der Waals surface area contributed by atoms with Crippen LogP contribution in [0.5, 0.6) is 0 Å². The molecule has 1 aliphatic rings. The first-order valence-electron chi connectivity index (χ1n) is 16.8. The summed E-state index contributed by atoms with van der Waals surface area (Å²) >= 11 is 0. The zero-order chi connectivity index (χ0) is 35.2. The van der Waals surface area contributed by atoms with Gasteiger partial charge in [-0.25, -0.2) is 4.39 Å². The van der Waals surface area contributed by atoms with Crippen LogP contribution in [-0.4, -0.2) is 43.2 Å². The number of pyridine rings is 1. The van der Waals surface area contributed by atoms with Crippen molar-refractivity contribution in [3.05, 3.63) is 114 Å². The summed E-state index contributed by atoms with van der Waals surface area (Å²) in [4.78, 5) is 17.1. The number of carboxylic acid groups (broad SMARTS) is 1. The third kappa shape index (κ3) is 8.84. The maximum atomic E-state index is 13.8. The first-order valence-corrected chi connectivity index (χ1v) is 20.3. The Kier molecular flexibility index (Phi) is 11.7. The van der Waals surface area contributed by atoms with E-state index in [2.05, 4.69) is 52.5 Å². The van der Waals surface area contributed by atoms with E-state index in [-0.39, 0.29) is 36.0 Å². The minimum Gasteiger partial charge on any atom is -0.481 e. The molecule has 3 aromatic carbocycles. The van der Waals surface area contributed by atoms with Gasteiger partial charge in [-0.1, -0.05) is 119 Å². The van der Waals surface area contributed by atoms with Gasteiger partial charge in [0.25, 0.3) is 8.32 Å². The second kappa shape index (κ2) is 15.8. The van der Waals surface area contributed by atoms with Gasteiger partial charge in [0.1, 0.15) is 12.4 Å². The average Bonchev–Trinajstić information content (AvgIpc) is 3.91. The van der Waals surface area contributed by atoms with E-state index in [1.54, 1.807) is 12.1 Å². The van der Waals surface area contributed by atoms with Crippen molar-refractivity contribution in [2.24, 2.45) is 0 Å². The Morgan fingerprint density at radius 1 is 1.00 bits per heavy atom. The highest BCUT2D eigenvalue weighted by molar-refractivity contribution is 7.39. The second-order valence-electron chi connectivity index (χ2n) is 14.0. The van der Waals surface area contributed by atoms with Crippen molar-refractivity contribution in [3.63, 3.8) is 0 Å². The number of aliphatic carboxylic acids is 1. The molecule has 1 unspecified atom stereocenters. The van der Waals surface area contributed by atoms with Crippen molar-refractivity contribution in [3.8, 4) is 23.0 Å². The Labute approximate surface area is 291 Å². The molecule has 1 N–H and O–H groups in total. The van der Waals surface area contributed by atoms with E-state index in [0.29, 0.717) is 5.92 Å². The lowest BCUT2D eigenvalue weighted by Gasteiger charge is -2.45. The van der Waals surface area contributed by atoms with Gasteiger partial charge in [0, 0.05) is 23.3 Å². The number of carbonyl (C=O) groups is 1. The van der Waals surface area contributed by atoms with Crippen molar-refractivity contribution < 1.29 is 27.8 Å².